The third-order valence-corrected chi connectivity index (χ3v) is 3.35. The first-order chi connectivity index (χ1) is 7.32. The van der Waals surface area contributed by atoms with Crippen LogP contribution in [0, 0.1) is 12.3 Å². The van der Waals surface area contributed by atoms with Crippen LogP contribution >= 0.6 is 11.5 Å². The van der Waals surface area contributed by atoms with Crippen LogP contribution in [0.2, 0.25) is 0 Å². The SMILES string of the molecule is Cc1c(N)nsc1NCC(C)(C)CN(C)C. The summed E-state index contributed by atoms with van der Waals surface area (Å²) >= 11 is 1.44. The average molecular weight is 242 g/mol. The molecule has 0 aromatic carbocycles. The molecule has 0 saturated heterocycles. The van der Waals surface area contributed by atoms with Crippen molar-refractivity contribution in [3.05, 3.63) is 5.56 Å². The molecule has 0 atom stereocenters. The Morgan fingerprint density at radius 1 is 1.44 bits per heavy atom. The smallest absolute Gasteiger partial charge is 0.142 e. The molecule has 0 amide bonds. The van der Waals surface area contributed by atoms with Gasteiger partial charge in [-0.2, -0.15) is 4.37 Å². The van der Waals surface area contributed by atoms with Gasteiger partial charge in [-0.15, -0.1) is 0 Å². The largest absolute Gasteiger partial charge is 0.383 e. The molecule has 4 nitrogen and oxygen atoms in total. The Bertz CT molecular complexity index is 344. The van der Waals surface area contributed by atoms with Crippen LogP contribution in [0.1, 0.15) is 19.4 Å². The number of nitrogens with two attached hydrogens (primary N) is 1. The lowest BCUT2D eigenvalue weighted by Crippen LogP contribution is -2.34. The van der Waals surface area contributed by atoms with E-state index in [0.29, 0.717) is 5.82 Å². The van der Waals surface area contributed by atoms with E-state index in [1.165, 1.54) is 11.5 Å². The van der Waals surface area contributed by atoms with Gasteiger partial charge in [-0.3, -0.25) is 0 Å². The lowest BCUT2D eigenvalue weighted by Gasteiger charge is -2.28. The van der Waals surface area contributed by atoms with Crippen LogP contribution in [0.4, 0.5) is 10.8 Å². The highest BCUT2D eigenvalue weighted by Gasteiger charge is 2.19. The van der Waals surface area contributed by atoms with E-state index in [4.69, 9.17) is 5.73 Å². The Labute approximate surface area is 102 Å². The number of aromatic nitrogens is 1. The van der Waals surface area contributed by atoms with Crippen LogP contribution in [0.5, 0.6) is 0 Å². The predicted octanol–water partition coefficient (Wildman–Crippen LogP) is 2.03. The Kier molecular flexibility index (Phi) is 4.15. The quantitative estimate of drug-likeness (QED) is 0.829. The van der Waals surface area contributed by atoms with E-state index in [-0.39, 0.29) is 5.41 Å². The summed E-state index contributed by atoms with van der Waals surface area (Å²) in [5.74, 6) is 0.637. The fourth-order valence-electron chi connectivity index (χ4n) is 1.74. The number of rotatable bonds is 5. The summed E-state index contributed by atoms with van der Waals surface area (Å²) in [4.78, 5) is 2.20. The van der Waals surface area contributed by atoms with Gasteiger partial charge in [-0.25, -0.2) is 0 Å². The minimum Gasteiger partial charge on any atom is -0.383 e. The molecule has 1 heterocycles. The van der Waals surface area contributed by atoms with Crippen molar-refractivity contribution in [3.8, 4) is 0 Å². The molecular weight excluding hydrogens is 220 g/mol. The number of nitrogens with one attached hydrogen (secondary N) is 1. The van der Waals surface area contributed by atoms with Gasteiger partial charge in [0.05, 0.1) is 0 Å². The molecule has 0 fully saturated rings. The maximum atomic E-state index is 5.71. The van der Waals surface area contributed by atoms with Crippen LogP contribution in [-0.4, -0.2) is 36.5 Å². The van der Waals surface area contributed by atoms with Gasteiger partial charge in [-0.1, -0.05) is 13.8 Å². The summed E-state index contributed by atoms with van der Waals surface area (Å²) in [6.07, 6.45) is 0. The van der Waals surface area contributed by atoms with Gasteiger partial charge >= 0.3 is 0 Å². The van der Waals surface area contributed by atoms with E-state index in [1.54, 1.807) is 0 Å². The van der Waals surface area contributed by atoms with E-state index in [9.17, 15) is 0 Å². The zero-order valence-corrected chi connectivity index (χ0v) is 11.6. The van der Waals surface area contributed by atoms with E-state index < -0.39 is 0 Å². The first kappa shape index (κ1) is 13.3. The number of hydrogen-bond acceptors (Lipinski definition) is 5. The molecule has 5 heteroatoms. The number of hydrogen-bond donors (Lipinski definition) is 2. The molecule has 0 aliphatic rings. The topological polar surface area (TPSA) is 54.2 Å². The molecule has 3 N–H and O–H groups in total. The summed E-state index contributed by atoms with van der Waals surface area (Å²) in [6, 6.07) is 0. The number of anilines is 2. The van der Waals surface area contributed by atoms with Crippen LogP contribution < -0.4 is 11.1 Å². The van der Waals surface area contributed by atoms with Crippen molar-refractivity contribution in [2.45, 2.75) is 20.8 Å². The zero-order valence-electron chi connectivity index (χ0n) is 10.8. The van der Waals surface area contributed by atoms with Gasteiger partial charge in [0.15, 0.2) is 0 Å². The molecule has 16 heavy (non-hydrogen) atoms. The molecule has 92 valence electrons. The summed E-state index contributed by atoms with van der Waals surface area (Å²) in [7, 11) is 4.19. The molecule has 0 unspecified atom stereocenters. The lowest BCUT2D eigenvalue weighted by atomic mass is 9.93. The van der Waals surface area contributed by atoms with E-state index in [1.807, 2.05) is 6.92 Å². The zero-order chi connectivity index (χ0) is 12.3. The standard InChI is InChI=1S/C11H22N4S/c1-8-9(12)14-16-10(8)13-6-11(2,3)7-15(4)5/h13H,6-7H2,1-5H3,(H2,12,14). The monoisotopic (exact) mass is 242 g/mol. The fourth-order valence-corrected chi connectivity index (χ4v) is 2.45. The third-order valence-electron chi connectivity index (χ3n) is 2.43. The second-order valence-corrected chi connectivity index (χ2v) is 6.05. The lowest BCUT2D eigenvalue weighted by molar-refractivity contribution is 0.254. The van der Waals surface area contributed by atoms with Crippen molar-refractivity contribution in [1.82, 2.24) is 9.27 Å². The van der Waals surface area contributed by atoms with Crippen molar-refractivity contribution in [3.63, 3.8) is 0 Å². The maximum Gasteiger partial charge on any atom is 0.142 e. The molecule has 0 aliphatic heterocycles. The molecular formula is C11H22N4S. The van der Waals surface area contributed by atoms with Gasteiger partial charge in [-0.05, 0) is 38.0 Å². The van der Waals surface area contributed by atoms with Crippen molar-refractivity contribution in [2.75, 3.05) is 38.2 Å². The average Bonchev–Trinajstić information content (AvgIpc) is 2.43. The van der Waals surface area contributed by atoms with Gasteiger partial charge in [0, 0.05) is 18.7 Å². The summed E-state index contributed by atoms with van der Waals surface area (Å²) in [5.41, 5.74) is 7.00. The summed E-state index contributed by atoms with van der Waals surface area (Å²) in [5, 5.41) is 4.52. The van der Waals surface area contributed by atoms with Gasteiger partial charge in [0.25, 0.3) is 0 Å². The van der Waals surface area contributed by atoms with Crippen molar-refractivity contribution >= 4 is 22.4 Å². The van der Waals surface area contributed by atoms with Gasteiger partial charge in [0.2, 0.25) is 0 Å². The first-order valence-electron chi connectivity index (χ1n) is 5.42. The van der Waals surface area contributed by atoms with Gasteiger partial charge in [0.1, 0.15) is 10.8 Å². The molecule has 1 aromatic rings. The highest BCUT2D eigenvalue weighted by atomic mass is 32.1. The predicted molar refractivity (Wildman–Crippen MR) is 72.1 cm³/mol. The van der Waals surface area contributed by atoms with Gasteiger partial charge < -0.3 is 16.0 Å². The Balaban J connectivity index is 2.54. The van der Waals surface area contributed by atoms with Crippen LogP contribution in [0.15, 0.2) is 0 Å². The molecule has 0 radical (unpaired) electrons. The molecule has 1 rings (SSSR count). The second-order valence-electron chi connectivity index (χ2n) is 5.28. The number of nitrogens with zero attached hydrogens (tertiary/aromatic N) is 2. The van der Waals surface area contributed by atoms with Crippen LogP contribution in [0.3, 0.4) is 0 Å². The van der Waals surface area contributed by atoms with E-state index in [0.717, 1.165) is 23.7 Å². The molecule has 1 aromatic heterocycles. The van der Waals surface area contributed by atoms with E-state index in [2.05, 4.69) is 42.5 Å². The van der Waals surface area contributed by atoms with Crippen molar-refractivity contribution in [2.24, 2.45) is 5.41 Å². The van der Waals surface area contributed by atoms with Crippen LogP contribution in [-0.2, 0) is 0 Å². The molecule has 0 aliphatic carbocycles. The van der Waals surface area contributed by atoms with Crippen molar-refractivity contribution < 1.29 is 0 Å². The Morgan fingerprint density at radius 2 is 2.06 bits per heavy atom. The highest BCUT2D eigenvalue weighted by Crippen LogP contribution is 2.27. The summed E-state index contributed by atoms with van der Waals surface area (Å²) in [6.45, 7) is 8.47. The first-order valence-corrected chi connectivity index (χ1v) is 6.19. The minimum atomic E-state index is 0.231. The normalized spacial score (nSPS) is 12.1. The Morgan fingerprint density at radius 3 is 2.50 bits per heavy atom. The maximum absolute atomic E-state index is 5.71. The fraction of sp³-hybridized carbons (Fsp3) is 0.727. The molecule has 0 spiro atoms. The highest BCUT2D eigenvalue weighted by molar-refractivity contribution is 7.10. The summed E-state index contributed by atoms with van der Waals surface area (Å²) < 4.78 is 4.12. The minimum absolute atomic E-state index is 0.231. The molecule has 0 saturated carbocycles. The van der Waals surface area contributed by atoms with Crippen LogP contribution in [0.25, 0.3) is 0 Å². The molecule has 0 bridgehead atoms. The van der Waals surface area contributed by atoms with E-state index >= 15 is 0 Å². The third kappa shape index (κ3) is 3.64. The van der Waals surface area contributed by atoms with Crippen molar-refractivity contribution in [1.29, 1.82) is 0 Å². The number of nitrogen functional groups attached to an aromatic ring is 1. The second kappa shape index (κ2) is 5.01. The Hall–Kier alpha value is -0.810.